The highest BCUT2D eigenvalue weighted by molar-refractivity contribution is 5.83. The Hall–Kier alpha value is -2.37. The maximum Gasteiger partial charge on any atom is 0.241 e. The molecule has 150 valence electrons. The molecular weight excluding hydrogens is 350 g/mol. The van der Waals surface area contributed by atoms with E-state index in [2.05, 4.69) is 16.3 Å². The van der Waals surface area contributed by atoms with Crippen LogP contribution in [0.3, 0.4) is 0 Å². The molecule has 0 spiro atoms. The van der Waals surface area contributed by atoms with Crippen molar-refractivity contribution >= 4 is 5.91 Å². The molecule has 1 aliphatic rings. The zero-order chi connectivity index (χ0) is 19.9. The van der Waals surface area contributed by atoms with Crippen molar-refractivity contribution in [2.75, 3.05) is 26.7 Å². The van der Waals surface area contributed by atoms with Crippen LogP contribution in [0, 0.1) is 6.92 Å². The lowest BCUT2D eigenvalue weighted by Gasteiger charge is -2.35. The molecule has 5 heteroatoms. The van der Waals surface area contributed by atoms with E-state index in [4.69, 9.17) is 10.5 Å². The molecule has 5 nitrogen and oxygen atoms in total. The summed E-state index contributed by atoms with van der Waals surface area (Å²) in [6, 6.07) is 15.3. The lowest BCUT2D eigenvalue weighted by Crippen LogP contribution is -2.43. The number of nitrogens with two attached hydrogens (primary N) is 1. The lowest BCUT2D eigenvalue weighted by molar-refractivity contribution is -0.122. The lowest BCUT2D eigenvalue weighted by atomic mass is 10.00. The first-order valence-corrected chi connectivity index (χ1v) is 10.1. The van der Waals surface area contributed by atoms with E-state index in [0.717, 1.165) is 35.5 Å². The number of methoxy groups -OCH3 is 1. The van der Waals surface area contributed by atoms with Crippen LogP contribution in [-0.2, 0) is 4.79 Å². The maximum atomic E-state index is 12.7. The second kappa shape index (κ2) is 9.71. The molecule has 0 radical (unpaired) electrons. The highest BCUT2D eigenvalue weighted by Gasteiger charge is 2.26. The number of ether oxygens (including phenoxy) is 1. The fourth-order valence-electron chi connectivity index (χ4n) is 3.84. The van der Waals surface area contributed by atoms with Gasteiger partial charge in [-0.05, 0) is 44.5 Å². The Morgan fingerprint density at radius 3 is 2.46 bits per heavy atom. The summed E-state index contributed by atoms with van der Waals surface area (Å²) >= 11 is 0. The van der Waals surface area contributed by atoms with Gasteiger partial charge in [-0.2, -0.15) is 0 Å². The molecule has 0 aliphatic carbocycles. The van der Waals surface area contributed by atoms with Crippen LogP contribution < -0.4 is 15.8 Å². The summed E-state index contributed by atoms with van der Waals surface area (Å²) in [6.07, 6.45) is 3.63. The van der Waals surface area contributed by atoms with Gasteiger partial charge in [0.15, 0.2) is 0 Å². The summed E-state index contributed by atoms with van der Waals surface area (Å²) in [4.78, 5) is 15.2. The number of nitrogens with zero attached hydrogens (tertiary/aromatic N) is 1. The van der Waals surface area contributed by atoms with Crippen LogP contribution >= 0.6 is 0 Å². The molecule has 0 aromatic heterocycles. The van der Waals surface area contributed by atoms with Crippen molar-refractivity contribution in [3.05, 3.63) is 65.2 Å². The SMILES string of the molecule is COc1ccccc1C(CNC(=O)C(N)c1ccc(C)cc1)N1CCCCC1. The fraction of sp³-hybridized carbons (Fsp3) is 0.435. The summed E-state index contributed by atoms with van der Waals surface area (Å²) < 4.78 is 5.59. The Labute approximate surface area is 167 Å². The first kappa shape index (κ1) is 20.4. The largest absolute Gasteiger partial charge is 0.496 e. The summed E-state index contributed by atoms with van der Waals surface area (Å²) in [5.41, 5.74) is 9.28. The normalized spacial score (nSPS) is 17.0. The van der Waals surface area contributed by atoms with Crippen molar-refractivity contribution < 1.29 is 9.53 Å². The highest BCUT2D eigenvalue weighted by Crippen LogP contribution is 2.31. The minimum Gasteiger partial charge on any atom is -0.496 e. The Morgan fingerprint density at radius 1 is 1.11 bits per heavy atom. The van der Waals surface area contributed by atoms with E-state index in [1.54, 1.807) is 7.11 Å². The number of benzene rings is 2. The van der Waals surface area contributed by atoms with Crippen LogP contribution in [0.4, 0.5) is 0 Å². The van der Waals surface area contributed by atoms with Gasteiger partial charge in [0, 0.05) is 12.1 Å². The predicted octanol–water partition coefficient (Wildman–Crippen LogP) is 3.35. The molecule has 2 aromatic carbocycles. The van der Waals surface area contributed by atoms with Gasteiger partial charge in [0.25, 0.3) is 0 Å². The monoisotopic (exact) mass is 381 g/mol. The van der Waals surface area contributed by atoms with Gasteiger partial charge in [-0.3, -0.25) is 9.69 Å². The van der Waals surface area contributed by atoms with Crippen molar-refractivity contribution in [2.45, 2.75) is 38.3 Å². The van der Waals surface area contributed by atoms with E-state index in [1.165, 1.54) is 19.3 Å². The Bertz CT molecular complexity index is 770. The molecule has 2 atom stereocenters. The van der Waals surface area contributed by atoms with Crippen LogP contribution in [0.25, 0.3) is 0 Å². The van der Waals surface area contributed by atoms with E-state index in [1.807, 2.05) is 49.4 Å². The zero-order valence-corrected chi connectivity index (χ0v) is 16.9. The molecule has 2 aromatic rings. The van der Waals surface area contributed by atoms with Gasteiger partial charge in [0.2, 0.25) is 5.91 Å². The Morgan fingerprint density at radius 2 is 1.79 bits per heavy atom. The average molecular weight is 382 g/mol. The van der Waals surface area contributed by atoms with E-state index < -0.39 is 6.04 Å². The van der Waals surface area contributed by atoms with Crippen molar-refractivity contribution in [1.29, 1.82) is 0 Å². The molecule has 0 bridgehead atoms. The van der Waals surface area contributed by atoms with E-state index in [9.17, 15) is 4.79 Å². The van der Waals surface area contributed by atoms with Gasteiger partial charge in [-0.1, -0.05) is 54.4 Å². The number of hydrogen-bond donors (Lipinski definition) is 2. The average Bonchev–Trinajstić information content (AvgIpc) is 2.75. The van der Waals surface area contributed by atoms with E-state index in [-0.39, 0.29) is 11.9 Å². The number of likely N-dealkylation sites (tertiary alicyclic amines) is 1. The molecule has 2 unspecified atom stereocenters. The topological polar surface area (TPSA) is 67.6 Å². The summed E-state index contributed by atoms with van der Waals surface area (Å²) in [6.45, 7) is 4.59. The van der Waals surface area contributed by atoms with Crippen molar-refractivity contribution in [1.82, 2.24) is 10.2 Å². The van der Waals surface area contributed by atoms with E-state index >= 15 is 0 Å². The number of piperidine rings is 1. The van der Waals surface area contributed by atoms with Gasteiger partial charge in [0.1, 0.15) is 11.8 Å². The Balaban J connectivity index is 1.73. The van der Waals surface area contributed by atoms with Crippen LogP contribution in [0.1, 0.15) is 48.0 Å². The minimum absolute atomic E-state index is 0.0746. The van der Waals surface area contributed by atoms with Gasteiger partial charge in [0.05, 0.1) is 13.2 Å². The van der Waals surface area contributed by atoms with Crippen LogP contribution in [0.5, 0.6) is 5.75 Å². The first-order chi connectivity index (χ1) is 13.6. The second-order valence-electron chi connectivity index (χ2n) is 7.49. The highest BCUT2D eigenvalue weighted by atomic mass is 16.5. The standard InChI is InChI=1S/C23H31N3O2/c1-17-10-12-18(13-11-17)22(24)23(27)25-16-20(26-14-6-3-7-15-26)19-8-4-5-9-21(19)28-2/h4-5,8-13,20,22H,3,6-7,14-16,24H2,1-2H3,(H,25,27). The first-order valence-electron chi connectivity index (χ1n) is 10.1. The van der Waals surface area contributed by atoms with Crippen molar-refractivity contribution in [3.63, 3.8) is 0 Å². The predicted molar refractivity (Wildman–Crippen MR) is 112 cm³/mol. The van der Waals surface area contributed by atoms with Crippen LogP contribution in [0.15, 0.2) is 48.5 Å². The molecule has 1 saturated heterocycles. The molecule has 0 saturated carbocycles. The third-order valence-electron chi connectivity index (χ3n) is 5.52. The van der Waals surface area contributed by atoms with Gasteiger partial charge >= 0.3 is 0 Å². The second-order valence-corrected chi connectivity index (χ2v) is 7.49. The molecule has 3 N–H and O–H groups in total. The molecule has 1 heterocycles. The third kappa shape index (κ3) is 4.91. The molecule has 1 fully saturated rings. The molecule has 1 amide bonds. The number of nitrogens with one attached hydrogen (secondary N) is 1. The number of para-hydroxylation sites is 1. The number of hydrogen-bond acceptors (Lipinski definition) is 4. The number of aryl methyl sites for hydroxylation is 1. The van der Waals surface area contributed by atoms with Gasteiger partial charge < -0.3 is 15.8 Å². The molecule has 1 aliphatic heterocycles. The van der Waals surface area contributed by atoms with Crippen molar-refractivity contribution in [2.24, 2.45) is 5.73 Å². The molecular formula is C23H31N3O2. The smallest absolute Gasteiger partial charge is 0.241 e. The van der Waals surface area contributed by atoms with E-state index in [0.29, 0.717) is 6.54 Å². The minimum atomic E-state index is -0.666. The number of amides is 1. The third-order valence-corrected chi connectivity index (χ3v) is 5.52. The van der Waals surface area contributed by atoms with Crippen LogP contribution in [-0.4, -0.2) is 37.6 Å². The number of carbonyl (C=O) groups excluding carboxylic acids is 1. The maximum absolute atomic E-state index is 12.7. The quantitative estimate of drug-likeness (QED) is 0.772. The van der Waals surface area contributed by atoms with Crippen LogP contribution in [0.2, 0.25) is 0 Å². The number of rotatable bonds is 7. The molecule has 28 heavy (non-hydrogen) atoms. The summed E-state index contributed by atoms with van der Waals surface area (Å²) in [5.74, 6) is 0.705. The zero-order valence-electron chi connectivity index (χ0n) is 16.9. The summed E-state index contributed by atoms with van der Waals surface area (Å²) in [7, 11) is 1.69. The Kier molecular flexibility index (Phi) is 7.06. The fourth-order valence-corrected chi connectivity index (χ4v) is 3.84. The number of carbonyl (C=O) groups is 1. The summed E-state index contributed by atoms with van der Waals surface area (Å²) in [5, 5.41) is 3.08. The van der Waals surface area contributed by atoms with Gasteiger partial charge in [-0.25, -0.2) is 0 Å². The van der Waals surface area contributed by atoms with Crippen molar-refractivity contribution in [3.8, 4) is 5.75 Å². The molecule has 3 rings (SSSR count). The van der Waals surface area contributed by atoms with Gasteiger partial charge in [-0.15, -0.1) is 0 Å².